The summed E-state index contributed by atoms with van der Waals surface area (Å²) in [4.78, 5) is 21.3. The van der Waals surface area contributed by atoms with Gasteiger partial charge in [0.2, 0.25) is 5.91 Å². The number of amides is 1. The molecular formula is C20H28N4O. The van der Waals surface area contributed by atoms with E-state index in [4.69, 9.17) is 0 Å². The van der Waals surface area contributed by atoms with E-state index in [1.807, 2.05) is 19.3 Å². The summed E-state index contributed by atoms with van der Waals surface area (Å²) in [6.07, 6.45) is 5.25. The molecule has 1 atom stereocenters. The zero-order valence-electron chi connectivity index (χ0n) is 15.5. The van der Waals surface area contributed by atoms with E-state index in [9.17, 15) is 4.79 Å². The van der Waals surface area contributed by atoms with Crippen LogP contribution in [-0.4, -0.2) is 46.0 Å². The summed E-state index contributed by atoms with van der Waals surface area (Å²) >= 11 is 0. The highest BCUT2D eigenvalue weighted by molar-refractivity contribution is 5.77. The van der Waals surface area contributed by atoms with Gasteiger partial charge in [-0.15, -0.1) is 0 Å². The van der Waals surface area contributed by atoms with Crippen LogP contribution in [0.4, 0.5) is 5.69 Å². The van der Waals surface area contributed by atoms with Crippen molar-refractivity contribution in [2.75, 3.05) is 24.5 Å². The zero-order chi connectivity index (χ0) is 17.8. The highest BCUT2D eigenvalue weighted by atomic mass is 16.2. The van der Waals surface area contributed by atoms with Gasteiger partial charge in [-0.25, -0.2) is 4.98 Å². The number of aryl methyl sites for hydroxylation is 3. The van der Waals surface area contributed by atoms with Gasteiger partial charge in [0.1, 0.15) is 5.82 Å². The van der Waals surface area contributed by atoms with Crippen LogP contribution in [0, 0.1) is 13.8 Å². The highest BCUT2D eigenvalue weighted by Crippen LogP contribution is 2.23. The van der Waals surface area contributed by atoms with E-state index in [0.29, 0.717) is 6.42 Å². The Kier molecular flexibility index (Phi) is 5.41. The number of benzene rings is 1. The molecule has 0 aliphatic carbocycles. The Hall–Kier alpha value is -2.30. The lowest BCUT2D eigenvalue weighted by Gasteiger charge is -2.41. The molecular weight excluding hydrogens is 312 g/mol. The van der Waals surface area contributed by atoms with Crippen molar-refractivity contribution in [1.29, 1.82) is 0 Å². The van der Waals surface area contributed by atoms with Crippen molar-refractivity contribution in [1.82, 2.24) is 14.5 Å². The van der Waals surface area contributed by atoms with Crippen LogP contribution in [0.5, 0.6) is 0 Å². The van der Waals surface area contributed by atoms with E-state index in [2.05, 4.69) is 57.5 Å². The molecule has 1 aliphatic heterocycles. The monoisotopic (exact) mass is 340 g/mol. The molecule has 0 spiro atoms. The summed E-state index contributed by atoms with van der Waals surface area (Å²) in [5.74, 6) is 1.28. The third-order valence-corrected chi connectivity index (χ3v) is 5.12. The van der Waals surface area contributed by atoms with Crippen LogP contribution in [0.25, 0.3) is 0 Å². The fraction of sp³-hybridized carbons (Fsp3) is 0.500. The SMILES string of the molecule is Cc1ccccc1N1CCN(C(=O)CCCn2ccnc2C)[C@@H](C)C1. The first-order valence-corrected chi connectivity index (χ1v) is 9.14. The summed E-state index contributed by atoms with van der Waals surface area (Å²) in [6, 6.07) is 8.73. The Labute approximate surface area is 150 Å². The van der Waals surface area contributed by atoms with E-state index >= 15 is 0 Å². The summed E-state index contributed by atoms with van der Waals surface area (Å²) in [5.41, 5.74) is 2.59. The Morgan fingerprint density at radius 1 is 1.24 bits per heavy atom. The number of hydrogen-bond donors (Lipinski definition) is 0. The minimum Gasteiger partial charge on any atom is -0.367 e. The molecule has 2 aromatic rings. The largest absolute Gasteiger partial charge is 0.367 e. The predicted molar refractivity (Wildman–Crippen MR) is 101 cm³/mol. The van der Waals surface area contributed by atoms with Gasteiger partial charge in [-0.05, 0) is 38.8 Å². The van der Waals surface area contributed by atoms with Crippen LogP contribution in [0.2, 0.25) is 0 Å². The number of piperazine rings is 1. The first-order valence-electron chi connectivity index (χ1n) is 9.14. The molecule has 134 valence electrons. The van der Waals surface area contributed by atoms with E-state index in [1.54, 1.807) is 0 Å². The maximum Gasteiger partial charge on any atom is 0.222 e. The van der Waals surface area contributed by atoms with Crippen molar-refractivity contribution in [3.8, 4) is 0 Å². The van der Waals surface area contributed by atoms with Crippen LogP contribution in [0.3, 0.4) is 0 Å². The van der Waals surface area contributed by atoms with Crippen LogP contribution in [0.15, 0.2) is 36.7 Å². The third-order valence-electron chi connectivity index (χ3n) is 5.12. The molecule has 0 radical (unpaired) electrons. The van der Waals surface area contributed by atoms with Crippen molar-refractivity contribution in [3.63, 3.8) is 0 Å². The number of para-hydroxylation sites is 1. The van der Waals surface area contributed by atoms with Gasteiger partial charge in [-0.1, -0.05) is 18.2 Å². The number of carbonyl (C=O) groups excluding carboxylic acids is 1. The molecule has 5 nitrogen and oxygen atoms in total. The van der Waals surface area contributed by atoms with Gasteiger partial charge in [0, 0.05) is 56.7 Å². The van der Waals surface area contributed by atoms with Gasteiger partial charge in [0.15, 0.2) is 0 Å². The predicted octanol–water partition coefficient (Wildman–Crippen LogP) is 3.02. The molecule has 0 N–H and O–H groups in total. The van der Waals surface area contributed by atoms with Gasteiger partial charge in [0.25, 0.3) is 0 Å². The molecule has 0 unspecified atom stereocenters. The fourth-order valence-electron chi connectivity index (χ4n) is 3.65. The van der Waals surface area contributed by atoms with Crippen molar-refractivity contribution in [2.45, 2.75) is 46.2 Å². The number of hydrogen-bond acceptors (Lipinski definition) is 3. The second-order valence-electron chi connectivity index (χ2n) is 6.94. The summed E-state index contributed by atoms with van der Waals surface area (Å²) in [6.45, 7) is 9.76. The standard InChI is InChI=1S/C20H28N4O/c1-16-7-4-5-8-19(16)23-13-14-24(17(2)15-23)20(25)9-6-11-22-12-10-21-18(22)3/h4-5,7-8,10,12,17H,6,9,11,13-15H2,1-3H3/t17-/m0/s1. The fourth-order valence-corrected chi connectivity index (χ4v) is 3.65. The van der Waals surface area contributed by atoms with Gasteiger partial charge in [-0.2, -0.15) is 0 Å². The Morgan fingerprint density at radius 3 is 2.72 bits per heavy atom. The molecule has 0 saturated carbocycles. The second kappa shape index (κ2) is 7.72. The lowest BCUT2D eigenvalue weighted by Crippen LogP contribution is -2.54. The number of rotatable bonds is 5. The molecule has 25 heavy (non-hydrogen) atoms. The van der Waals surface area contributed by atoms with Crippen LogP contribution >= 0.6 is 0 Å². The summed E-state index contributed by atoms with van der Waals surface area (Å²) in [7, 11) is 0. The quantitative estimate of drug-likeness (QED) is 0.840. The number of nitrogens with zero attached hydrogens (tertiary/aromatic N) is 4. The normalized spacial score (nSPS) is 17.8. The average molecular weight is 340 g/mol. The Morgan fingerprint density at radius 2 is 2.04 bits per heavy atom. The van der Waals surface area contributed by atoms with Gasteiger partial charge < -0.3 is 14.4 Å². The molecule has 1 aromatic carbocycles. The second-order valence-corrected chi connectivity index (χ2v) is 6.94. The topological polar surface area (TPSA) is 41.4 Å². The van der Waals surface area contributed by atoms with Crippen LogP contribution in [-0.2, 0) is 11.3 Å². The smallest absolute Gasteiger partial charge is 0.222 e. The van der Waals surface area contributed by atoms with Crippen LogP contribution in [0.1, 0.15) is 31.2 Å². The van der Waals surface area contributed by atoms with Crippen molar-refractivity contribution in [2.24, 2.45) is 0 Å². The molecule has 1 amide bonds. The van der Waals surface area contributed by atoms with Crippen LogP contribution < -0.4 is 4.90 Å². The summed E-state index contributed by atoms with van der Waals surface area (Å²) in [5, 5.41) is 0. The first kappa shape index (κ1) is 17.5. The van der Waals surface area contributed by atoms with Gasteiger partial charge in [-0.3, -0.25) is 4.79 Å². The number of imidazole rings is 1. The molecule has 1 aromatic heterocycles. The Balaban J connectivity index is 1.51. The van der Waals surface area contributed by atoms with E-state index in [1.165, 1.54) is 11.3 Å². The molecule has 1 saturated heterocycles. The minimum absolute atomic E-state index is 0.246. The van der Waals surface area contributed by atoms with Gasteiger partial charge >= 0.3 is 0 Å². The lowest BCUT2D eigenvalue weighted by molar-refractivity contribution is -0.133. The van der Waals surface area contributed by atoms with Gasteiger partial charge in [0.05, 0.1) is 0 Å². The van der Waals surface area contributed by atoms with E-state index in [-0.39, 0.29) is 11.9 Å². The maximum atomic E-state index is 12.6. The van der Waals surface area contributed by atoms with E-state index < -0.39 is 0 Å². The maximum absolute atomic E-state index is 12.6. The summed E-state index contributed by atoms with van der Waals surface area (Å²) < 4.78 is 2.10. The van der Waals surface area contributed by atoms with Crippen molar-refractivity contribution < 1.29 is 4.79 Å². The van der Waals surface area contributed by atoms with E-state index in [0.717, 1.165) is 38.4 Å². The number of aromatic nitrogens is 2. The molecule has 1 aliphatic rings. The number of anilines is 1. The average Bonchev–Trinajstić information content (AvgIpc) is 3.00. The van der Waals surface area contributed by atoms with Crippen molar-refractivity contribution in [3.05, 3.63) is 48.0 Å². The molecule has 0 bridgehead atoms. The molecule has 2 heterocycles. The first-order chi connectivity index (χ1) is 12.1. The molecule has 5 heteroatoms. The zero-order valence-corrected chi connectivity index (χ0v) is 15.5. The molecule has 3 rings (SSSR count). The molecule has 1 fully saturated rings. The third kappa shape index (κ3) is 4.03. The lowest BCUT2D eigenvalue weighted by atomic mass is 10.1. The number of carbonyl (C=O) groups is 1. The van der Waals surface area contributed by atoms with Crippen molar-refractivity contribution >= 4 is 11.6 Å². The highest BCUT2D eigenvalue weighted by Gasteiger charge is 2.27. The minimum atomic E-state index is 0.246. The Bertz CT molecular complexity index is 724.